The summed E-state index contributed by atoms with van der Waals surface area (Å²) < 4.78 is 30.8. The van der Waals surface area contributed by atoms with Crippen LogP contribution in [0.2, 0.25) is 0 Å². The minimum absolute atomic E-state index is 0.265. The molecule has 6 heteroatoms. The Morgan fingerprint density at radius 3 is 2.50 bits per heavy atom. The first-order chi connectivity index (χ1) is 10.5. The fourth-order valence-electron chi connectivity index (χ4n) is 2.34. The number of hydrogen-bond donors (Lipinski definition) is 0. The molecular formula is C16H24NO4P. The highest BCUT2D eigenvalue weighted by molar-refractivity contribution is 7.48. The van der Waals surface area contributed by atoms with Crippen LogP contribution in [0.15, 0.2) is 30.5 Å². The molecule has 2 heterocycles. The van der Waals surface area contributed by atoms with Gasteiger partial charge in [-0.05, 0) is 38.3 Å². The fourth-order valence-corrected chi connectivity index (χ4v) is 3.53. The Labute approximate surface area is 131 Å². The molecule has 0 aliphatic carbocycles. The molecule has 122 valence electrons. The second-order valence-electron chi connectivity index (χ2n) is 5.07. The average Bonchev–Trinajstić information content (AvgIpc) is 2.85. The van der Waals surface area contributed by atoms with Crippen molar-refractivity contribution < 1.29 is 18.1 Å². The fraction of sp³-hybridized carbons (Fsp3) is 0.500. The van der Waals surface area contributed by atoms with Crippen LogP contribution in [0.1, 0.15) is 45.7 Å². The average molecular weight is 326 g/mol. The van der Waals surface area contributed by atoms with E-state index in [1.807, 2.05) is 30.5 Å². The molecule has 0 N–H and O–H groups in total. The molecule has 0 saturated carbocycles. The highest BCUT2D eigenvalue weighted by atomic mass is 31.2. The number of phosphoric acid groups is 1. The van der Waals surface area contributed by atoms with Crippen molar-refractivity contribution in [2.24, 2.45) is 0 Å². The summed E-state index contributed by atoms with van der Waals surface area (Å²) in [5.74, 6) is 0.895. The molecule has 22 heavy (non-hydrogen) atoms. The minimum atomic E-state index is -3.58. The molecule has 0 bridgehead atoms. The van der Waals surface area contributed by atoms with E-state index in [1.165, 1.54) is 0 Å². The first-order valence-corrected chi connectivity index (χ1v) is 9.19. The van der Waals surface area contributed by atoms with Crippen LogP contribution in [-0.4, -0.2) is 17.6 Å². The highest BCUT2D eigenvalue weighted by Crippen LogP contribution is 2.51. The highest BCUT2D eigenvalue weighted by Gasteiger charge is 2.29. The van der Waals surface area contributed by atoms with Crippen LogP contribution in [0.25, 0.3) is 5.52 Å². The largest absolute Gasteiger partial charge is 0.530 e. The Morgan fingerprint density at radius 2 is 1.91 bits per heavy atom. The van der Waals surface area contributed by atoms with Crippen LogP contribution in [0.4, 0.5) is 0 Å². The zero-order chi connectivity index (χ0) is 16.2. The zero-order valence-corrected chi connectivity index (χ0v) is 14.5. The lowest BCUT2D eigenvalue weighted by molar-refractivity contribution is 0.168. The topological polar surface area (TPSA) is 49.2 Å². The number of nitrogens with zero attached hydrogens (tertiary/aromatic N) is 1. The van der Waals surface area contributed by atoms with Crippen molar-refractivity contribution in [2.75, 3.05) is 13.2 Å². The van der Waals surface area contributed by atoms with E-state index in [1.54, 1.807) is 13.8 Å². The predicted octanol–water partition coefficient (Wildman–Crippen LogP) is 5.01. The molecule has 2 aromatic heterocycles. The first-order valence-electron chi connectivity index (χ1n) is 7.73. The van der Waals surface area contributed by atoms with E-state index in [9.17, 15) is 4.57 Å². The molecular weight excluding hydrogens is 302 g/mol. The van der Waals surface area contributed by atoms with Gasteiger partial charge in [0.25, 0.3) is 0 Å². The van der Waals surface area contributed by atoms with Crippen LogP contribution in [0.5, 0.6) is 5.75 Å². The van der Waals surface area contributed by atoms with Gasteiger partial charge in [-0.15, -0.1) is 0 Å². The molecule has 0 aromatic carbocycles. The molecule has 2 rings (SSSR count). The number of rotatable bonds is 8. The van der Waals surface area contributed by atoms with Gasteiger partial charge < -0.3 is 8.92 Å². The van der Waals surface area contributed by atoms with Gasteiger partial charge in [-0.25, -0.2) is 4.57 Å². The molecule has 0 spiro atoms. The van der Waals surface area contributed by atoms with Crippen molar-refractivity contribution in [3.05, 3.63) is 36.2 Å². The molecule has 0 amide bonds. The van der Waals surface area contributed by atoms with Crippen LogP contribution >= 0.6 is 7.82 Å². The number of pyridine rings is 1. The summed E-state index contributed by atoms with van der Waals surface area (Å²) >= 11 is 0. The lowest BCUT2D eigenvalue weighted by Gasteiger charge is -2.16. The maximum Gasteiger partial charge on any atom is 0.530 e. The van der Waals surface area contributed by atoms with Crippen molar-refractivity contribution in [3.8, 4) is 5.75 Å². The van der Waals surface area contributed by atoms with Crippen LogP contribution < -0.4 is 4.52 Å². The summed E-state index contributed by atoms with van der Waals surface area (Å²) in [5.41, 5.74) is 1.98. The van der Waals surface area contributed by atoms with Gasteiger partial charge in [0.1, 0.15) is 0 Å². The molecule has 0 fully saturated rings. The molecule has 1 unspecified atom stereocenters. The van der Waals surface area contributed by atoms with Crippen molar-refractivity contribution in [3.63, 3.8) is 0 Å². The molecule has 5 nitrogen and oxygen atoms in total. The van der Waals surface area contributed by atoms with Crippen molar-refractivity contribution in [1.82, 2.24) is 4.40 Å². The van der Waals surface area contributed by atoms with E-state index in [0.29, 0.717) is 11.7 Å². The summed E-state index contributed by atoms with van der Waals surface area (Å²) in [6, 6.07) is 7.75. The standard InChI is InChI=1S/C16H24NO4P/c1-5-13(4)15-12-16(14-10-8-9-11-17(14)15)21-22(18,19-6-2)20-7-3/h8-13H,5-7H2,1-4H3/i21+1. The van der Waals surface area contributed by atoms with Crippen molar-refractivity contribution in [2.45, 2.75) is 40.0 Å². The molecule has 1 atom stereocenters. The van der Waals surface area contributed by atoms with E-state index in [0.717, 1.165) is 17.6 Å². The SMILES string of the molecule is CCOP(=O)(OCC)[17O]c1cc(C(C)CC)n2ccccc12. The summed E-state index contributed by atoms with van der Waals surface area (Å²) in [7, 11) is -3.58. The normalized spacial score (nSPS) is 13.5. The number of phosphoric ester groups is 1. The van der Waals surface area contributed by atoms with Gasteiger partial charge in [-0.2, -0.15) is 0 Å². The van der Waals surface area contributed by atoms with Crippen LogP contribution in [0.3, 0.4) is 0 Å². The molecule has 0 aliphatic rings. The van der Waals surface area contributed by atoms with Gasteiger partial charge in [0.2, 0.25) is 0 Å². The number of aromatic nitrogens is 1. The van der Waals surface area contributed by atoms with Crippen LogP contribution in [-0.2, 0) is 13.6 Å². The van der Waals surface area contributed by atoms with Gasteiger partial charge in [0.15, 0.2) is 5.75 Å². The zero-order valence-electron chi connectivity index (χ0n) is 13.6. The third kappa shape index (κ3) is 3.54. The van der Waals surface area contributed by atoms with E-state index in [2.05, 4.69) is 18.2 Å². The van der Waals surface area contributed by atoms with E-state index >= 15 is 0 Å². The number of hydrogen-bond acceptors (Lipinski definition) is 4. The molecule has 0 radical (unpaired) electrons. The Morgan fingerprint density at radius 1 is 1.23 bits per heavy atom. The smallest absolute Gasteiger partial charge is 0.402 e. The maximum absolute atomic E-state index is 12.6. The molecule has 2 aromatic rings. The summed E-state index contributed by atoms with van der Waals surface area (Å²) in [4.78, 5) is 0. The Hall–Kier alpha value is -1.29. The van der Waals surface area contributed by atoms with Gasteiger partial charge in [0, 0.05) is 18.0 Å². The third-order valence-corrected chi connectivity index (χ3v) is 5.14. The summed E-state index contributed by atoms with van der Waals surface area (Å²) in [6.07, 6.45) is 2.99. The lowest BCUT2D eigenvalue weighted by Crippen LogP contribution is -2.02. The Balaban J connectivity index is 2.45. The van der Waals surface area contributed by atoms with Gasteiger partial charge in [0.05, 0.1) is 18.7 Å². The van der Waals surface area contributed by atoms with Gasteiger partial charge >= 0.3 is 7.82 Å². The summed E-state index contributed by atoms with van der Waals surface area (Å²) in [5, 5.41) is 0. The molecule has 0 aliphatic heterocycles. The lowest BCUT2D eigenvalue weighted by atomic mass is 10.1. The second-order valence-corrected chi connectivity index (χ2v) is 6.67. The van der Waals surface area contributed by atoms with Crippen molar-refractivity contribution in [1.29, 1.82) is 0 Å². The van der Waals surface area contributed by atoms with E-state index < -0.39 is 7.82 Å². The first kappa shape index (κ1) is 17.1. The monoisotopic (exact) mass is 326 g/mol. The quantitative estimate of drug-likeness (QED) is 0.640. The third-order valence-electron chi connectivity index (χ3n) is 3.57. The van der Waals surface area contributed by atoms with E-state index in [-0.39, 0.29) is 13.2 Å². The summed E-state index contributed by atoms with van der Waals surface area (Å²) in [6.45, 7) is 8.35. The van der Waals surface area contributed by atoms with Gasteiger partial charge in [-0.1, -0.05) is 19.9 Å². The minimum Gasteiger partial charge on any atom is -0.402 e. The Bertz CT molecular complexity index is 657. The van der Waals surface area contributed by atoms with Crippen molar-refractivity contribution >= 4 is 13.3 Å². The Kier molecular flexibility index (Phi) is 5.68. The second kappa shape index (κ2) is 7.32. The maximum atomic E-state index is 12.6. The molecule has 0 saturated heterocycles. The van der Waals surface area contributed by atoms with E-state index in [4.69, 9.17) is 13.6 Å². The van der Waals surface area contributed by atoms with Crippen LogP contribution in [0, 0.1) is 0 Å². The number of fused-ring (bicyclic) bond motifs is 1. The predicted molar refractivity (Wildman–Crippen MR) is 87.6 cm³/mol. The van der Waals surface area contributed by atoms with Gasteiger partial charge in [-0.3, -0.25) is 9.05 Å².